The number of hydrogen-bond donors (Lipinski definition) is 1. The fourth-order valence-corrected chi connectivity index (χ4v) is 3.21. The number of ether oxygens (including phenoxy) is 1. The van der Waals surface area contributed by atoms with Crippen molar-refractivity contribution in [3.8, 4) is 5.82 Å². The van der Waals surface area contributed by atoms with Gasteiger partial charge in [-0.15, -0.1) is 10.2 Å². The highest BCUT2D eigenvalue weighted by molar-refractivity contribution is 5.88. The molecule has 11 nitrogen and oxygen atoms in total. The van der Waals surface area contributed by atoms with Crippen LogP contribution in [0.15, 0.2) is 24.7 Å². The van der Waals surface area contributed by atoms with Crippen LogP contribution in [0, 0.1) is 6.92 Å². The summed E-state index contributed by atoms with van der Waals surface area (Å²) in [5.41, 5.74) is -0.516. The summed E-state index contributed by atoms with van der Waals surface area (Å²) < 4.78 is 44.6. The summed E-state index contributed by atoms with van der Waals surface area (Å²) in [5, 5.41) is 9.93. The third-order valence-corrected chi connectivity index (χ3v) is 4.98. The number of aryl methyl sites for hydroxylation is 1. The predicted octanol–water partition coefficient (Wildman–Crippen LogP) is 3.08. The van der Waals surface area contributed by atoms with Crippen molar-refractivity contribution in [2.75, 3.05) is 16.8 Å². The molecule has 3 aromatic rings. The summed E-state index contributed by atoms with van der Waals surface area (Å²) in [5.74, 6) is 1.03. The minimum absolute atomic E-state index is 0.162. The molecule has 3 aromatic heterocycles. The monoisotopic (exact) mass is 463 g/mol. The van der Waals surface area contributed by atoms with E-state index in [0.717, 1.165) is 6.07 Å². The molecule has 2 atom stereocenters. The van der Waals surface area contributed by atoms with Gasteiger partial charge in [-0.2, -0.15) is 28.1 Å². The van der Waals surface area contributed by atoms with E-state index < -0.39 is 18.0 Å². The fraction of sp³-hybridized carbons (Fsp3) is 0.421. The first kappa shape index (κ1) is 22.4. The number of hydrogen-bond acceptors (Lipinski definition) is 9. The van der Waals surface area contributed by atoms with Crippen molar-refractivity contribution in [3.63, 3.8) is 0 Å². The molecule has 1 aliphatic heterocycles. The van der Waals surface area contributed by atoms with Crippen LogP contribution in [-0.4, -0.2) is 53.4 Å². The van der Waals surface area contributed by atoms with Crippen molar-refractivity contribution >= 4 is 18.0 Å². The van der Waals surface area contributed by atoms with Gasteiger partial charge in [0.05, 0.1) is 17.8 Å². The molecule has 14 heteroatoms. The number of anilines is 2. The molecule has 0 aromatic carbocycles. The maximum atomic E-state index is 12.7. The Kier molecular flexibility index (Phi) is 5.82. The van der Waals surface area contributed by atoms with Crippen LogP contribution in [0.2, 0.25) is 0 Å². The minimum Gasteiger partial charge on any atom is -0.447 e. The fourth-order valence-electron chi connectivity index (χ4n) is 3.21. The molecule has 0 spiro atoms. The van der Waals surface area contributed by atoms with E-state index in [1.807, 2.05) is 13.8 Å². The van der Waals surface area contributed by atoms with Gasteiger partial charge in [-0.25, -0.2) is 14.7 Å². The number of cyclic esters (lactones) is 1. The Morgan fingerprint density at radius 1 is 1.24 bits per heavy atom. The average Bonchev–Trinajstić information content (AvgIpc) is 3.39. The Balaban J connectivity index is 1.51. The van der Waals surface area contributed by atoms with Gasteiger partial charge in [-0.05, 0) is 32.4 Å². The van der Waals surface area contributed by atoms with E-state index in [2.05, 4.69) is 35.5 Å². The second-order valence-corrected chi connectivity index (χ2v) is 7.36. The van der Waals surface area contributed by atoms with Gasteiger partial charge in [-0.3, -0.25) is 4.57 Å². The van der Waals surface area contributed by atoms with Gasteiger partial charge < -0.3 is 10.1 Å². The van der Waals surface area contributed by atoms with Gasteiger partial charge in [0, 0.05) is 6.20 Å². The zero-order valence-electron chi connectivity index (χ0n) is 17.9. The van der Waals surface area contributed by atoms with Crippen molar-refractivity contribution in [2.24, 2.45) is 0 Å². The zero-order valence-corrected chi connectivity index (χ0v) is 17.9. The molecule has 0 unspecified atom stereocenters. The van der Waals surface area contributed by atoms with Crippen LogP contribution in [0.1, 0.15) is 43.5 Å². The van der Waals surface area contributed by atoms with Crippen molar-refractivity contribution in [1.29, 1.82) is 0 Å². The van der Waals surface area contributed by atoms with Crippen LogP contribution in [0.3, 0.4) is 0 Å². The highest BCUT2D eigenvalue weighted by Gasteiger charge is 2.35. The second kappa shape index (κ2) is 8.60. The first-order valence-electron chi connectivity index (χ1n) is 10.1. The lowest BCUT2D eigenvalue weighted by molar-refractivity contribution is -0.141. The Bertz CT molecular complexity index is 1150. The topological polar surface area (TPSA) is 124 Å². The molecule has 1 amide bonds. The normalized spacial score (nSPS) is 17.2. The van der Waals surface area contributed by atoms with Gasteiger partial charge in [-0.1, -0.05) is 6.92 Å². The van der Waals surface area contributed by atoms with Crippen molar-refractivity contribution in [3.05, 3.63) is 41.9 Å². The molecule has 4 rings (SSSR count). The van der Waals surface area contributed by atoms with Gasteiger partial charge in [0.25, 0.3) is 0 Å². The molecular weight excluding hydrogens is 443 g/mol. The smallest absolute Gasteiger partial charge is 0.435 e. The summed E-state index contributed by atoms with van der Waals surface area (Å²) in [4.78, 5) is 30.7. The lowest BCUT2D eigenvalue weighted by Gasteiger charge is -2.19. The van der Waals surface area contributed by atoms with E-state index in [1.165, 1.54) is 21.9 Å². The third-order valence-electron chi connectivity index (χ3n) is 4.98. The van der Waals surface area contributed by atoms with Gasteiger partial charge in [0.15, 0.2) is 11.5 Å². The highest BCUT2D eigenvalue weighted by Crippen LogP contribution is 2.27. The van der Waals surface area contributed by atoms with E-state index in [1.54, 1.807) is 13.1 Å². The first-order chi connectivity index (χ1) is 15.7. The maximum absolute atomic E-state index is 12.7. The maximum Gasteiger partial charge on any atom is 0.435 e. The third kappa shape index (κ3) is 4.68. The van der Waals surface area contributed by atoms with Crippen LogP contribution in [0.4, 0.5) is 29.9 Å². The molecule has 33 heavy (non-hydrogen) atoms. The number of alkyl halides is 3. The number of amides is 1. The number of rotatable bonds is 6. The number of nitrogens with zero attached hydrogens (tertiary/aromatic N) is 8. The van der Waals surface area contributed by atoms with Gasteiger partial charge in [0.1, 0.15) is 18.8 Å². The Hall–Kier alpha value is -3.84. The highest BCUT2D eigenvalue weighted by atomic mass is 19.4. The molecule has 0 bridgehead atoms. The van der Waals surface area contributed by atoms with Gasteiger partial charge in [0.2, 0.25) is 11.9 Å². The molecule has 0 saturated carbocycles. The summed E-state index contributed by atoms with van der Waals surface area (Å²) in [6.45, 7) is 5.69. The number of imidazole rings is 1. The second-order valence-electron chi connectivity index (χ2n) is 7.36. The van der Waals surface area contributed by atoms with E-state index in [4.69, 9.17) is 4.74 Å². The number of carbonyl (C=O) groups excluding carboxylic acids is 1. The average molecular weight is 463 g/mol. The summed E-state index contributed by atoms with van der Waals surface area (Å²) in [7, 11) is 0. The molecule has 1 saturated heterocycles. The van der Waals surface area contributed by atoms with Crippen molar-refractivity contribution in [2.45, 2.75) is 45.5 Å². The molecule has 174 valence electrons. The molecular formula is C19H20F3N9O2. The van der Waals surface area contributed by atoms with E-state index in [0.29, 0.717) is 17.9 Å². The summed E-state index contributed by atoms with van der Waals surface area (Å²) in [6.07, 6.45) is -1.37. The Morgan fingerprint density at radius 2 is 2.03 bits per heavy atom. The summed E-state index contributed by atoms with van der Waals surface area (Å²) >= 11 is 0. The van der Waals surface area contributed by atoms with Crippen LogP contribution in [0.5, 0.6) is 0 Å². The van der Waals surface area contributed by atoms with Crippen molar-refractivity contribution < 1.29 is 22.7 Å². The van der Waals surface area contributed by atoms with Crippen molar-refractivity contribution in [1.82, 2.24) is 34.7 Å². The molecule has 1 fully saturated rings. The first-order valence-corrected chi connectivity index (χ1v) is 10.1. The number of carbonyl (C=O) groups is 1. The number of nitrogens with one attached hydrogen (secondary N) is 1. The molecule has 0 radical (unpaired) electrons. The minimum atomic E-state index is -4.56. The predicted molar refractivity (Wildman–Crippen MR) is 109 cm³/mol. The Labute approximate surface area is 186 Å². The van der Waals surface area contributed by atoms with Crippen LogP contribution < -0.4 is 10.2 Å². The SMILES string of the molecule is CC[C@H]1COC(=O)N1c1nc(C)nc(N[C@@H](C)c2cn(-c3ccc(C(F)(F)F)nn3)cn2)n1. The lowest BCUT2D eigenvalue weighted by Crippen LogP contribution is -2.34. The number of halogens is 3. The Morgan fingerprint density at radius 3 is 2.70 bits per heavy atom. The van der Waals surface area contributed by atoms with Crippen LogP contribution in [-0.2, 0) is 10.9 Å². The molecule has 0 aliphatic carbocycles. The van der Waals surface area contributed by atoms with Crippen LogP contribution >= 0.6 is 0 Å². The van der Waals surface area contributed by atoms with E-state index >= 15 is 0 Å². The zero-order chi connectivity index (χ0) is 23.8. The number of aromatic nitrogens is 7. The van der Waals surface area contributed by atoms with E-state index in [9.17, 15) is 18.0 Å². The molecule has 4 heterocycles. The largest absolute Gasteiger partial charge is 0.447 e. The molecule has 1 N–H and O–H groups in total. The van der Waals surface area contributed by atoms with Crippen LogP contribution in [0.25, 0.3) is 5.82 Å². The standard InChI is InChI=1S/C19H20F3N9O2/c1-4-12-8-33-18(32)31(12)17-26-11(3)25-16(27-17)24-10(2)13-7-30(9-23-13)15-6-5-14(28-29-15)19(20,21)22/h5-7,9-10,12H,4,8H2,1-3H3,(H,24,25,26,27)/t10-,12-/m0/s1. The quantitative estimate of drug-likeness (QED) is 0.587. The lowest BCUT2D eigenvalue weighted by atomic mass is 10.2. The van der Waals surface area contributed by atoms with E-state index in [-0.39, 0.29) is 36.4 Å². The van der Waals surface area contributed by atoms with Gasteiger partial charge >= 0.3 is 12.3 Å². The molecule has 1 aliphatic rings. The summed E-state index contributed by atoms with van der Waals surface area (Å²) in [6, 6.07) is 1.52.